The number of benzene rings is 2. The largest absolute Gasteiger partial charge is 0.497 e. The lowest BCUT2D eigenvalue weighted by molar-refractivity contribution is 0.101. The maximum atomic E-state index is 11.3. The summed E-state index contributed by atoms with van der Waals surface area (Å²) in [6.07, 6.45) is 2.07. The number of ether oxygens (including phenoxy) is 1. The summed E-state index contributed by atoms with van der Waals surface area (Å²) >= 11 is 0. The average molecular weight is 329 g/mol. The van der Waals surface area contributed by atoms with Crippen LogP contribution < -0.4 is 4.74 Å². The van der Waals surface area contributed by atoms with Crippen LogP contribution >= 0.6 is 0 Å². The van der Waals surface area contributed by atoms with E-state index < -0.39 is 5.60 Å². The molecule has 1 unspecified atom stereocenters. The Bertz CT molecular complexity index is 865. The normalized spacial score (nSPS) is 12.6. The van der Waals surface area contributed by atoms with Gasteiger partial charge in [-0.2, -0.15) is 0 Å². The standard InChI is InChI=1S/C22H19NO2/c1-25-21-12-10-18(11-13-21)17-22(24,19-7-3-2-4-8-19)15-14-20-9-5-6-16-23-20/h2-13,16,24H,17H2,1H3. The predicted octanol–water partition coefficient (Wildman–Crippen LogP) is 3.57. The molecule has 3 rings (SSSR count). The Morgan fingerprint density at radius 1 is 0.960 bits per heavy atom. The van der Waals surface area contributed by atoms with Crippen LogP contribution in [0.2, 0.25) is 0 Å². The minimum Gasteiger partial charge on any atom is -0.497 e. The van der Waals surface area contributed by atoms with Gasteiger partial charge in [0, 0.05) is 12.6 Å². The topological polar surface area (TPSA) is 42.4 Å². The van der Waals surface area contributed by atoms with Gasteiger partial charge in [0.15, 0.2) is 5.60 Å². The van der Waals surface area contributed by atoms with Gasteiger partial charge >= 0.3 is 0 Å². The number of nitrogens with zero attached hydrogens (tertiary/aromatic N) is 1. The molecule has 3 heteroatoms. The van der Waals surface area contributed by atoms with Crippen LogP contribution in [0.3, 0.4) is 0 Å². The van der Waals surface area contributed by atoms with Gasteiger partial charge < -0.3 is 9.84 Å². The Labute approximate surface area is 147 Å². The third-order valence-corrected chi connectivity index (χ3v) is 3.93. The van der Waals surface area contributed by atoms with Gasteiger partial charge in [0.2, 0.25) is 0 Å². The lowest BCUT2D eigenvalue weighted by Gasteiger charge is -2.23. The maximum absolute atomic E-state index is 11.3. The van der Waals surface area contributed by atoms with Crippen molar-refractivity contribution in [2.75, 3.05) is 7.11 Å². The highest BCUT2D eigenvalue weighted by Gasteiger charge is 2.27. The number of methoxy groups -OCH3 is 1. The fraction of sp³-hybridized carbons (Fsp3) is 0.136. The van der Waals surface area contributed by atoms with Crippen molar-refractivity contribution in [3.05, 3.63) is 95.8 Å². The smallest absolute Gasteiger partial charge is 0.155 e. The molecule has 1 N–H and O–H groups in total. The third-order valence-electron chi connectivity index (χ3n) is 3.93. The molecule has 0 aliphatic rings. The first-order valence-corrected chi connectivity index (χ1v) is 8.05. The van der Waals surface area contributed by atoms with Crippen LogP contribution in [-0.2, 0) is 12.0 Å². The van der Waals surface area contributed by atoms with E-state index in [-0.39, 0.29) is 0 Å². The fourth-order valence-electron chi connectivity index (χ4n) is 2.58. The maximum Gasteiger partial charge on any atom is 0.155 e. The first-order chi connectivity index (χ1) is 12.2. The molecule has 3 aromatic rings. The van der Waals surface area contributed by atoms with E-state index in [1.165, 1.54) is 0 Å². The highest BCUT2D eigenvalue weighted by molar-refractivity contribution is 5.39. The highest BCUT2D eigenvalue weighted by Crippen LogP contribution is 2.26. The Hall–Kier alpha value is -3.09. The summed E-state index contributed by atoms with van der Waals surface area (Å²) < 4.78 is 5.19. The lowest BCUT2D eigenvalue weighted by atomic mass is 9.87. The van der Waals surface area contributed by atoms with Gasteiger partial charge in [-0.3, -0.25) is 0 Å². The molecule has 1 aromatic heterocycles. The van der Waals surface area contributed by atoms with Crippen molar-refractivity contribution in [2.45, 2.75) is 12.0 Å². The van der Waals surface area contributed by atoms with Gasteiger partial charge in [-0.05, 0) is 41.3 Å². The summed E-state index contributed by atoms with van der Waals surface area (Å²) in [6, 6.07) is 22.7. The molecule has 0 amide bonds. The van der Waals surface area contributed by atoms with Crippen LogP contribution in [0.1, 0.15) is 16.8 Å². The van der Waals surface area contributed by atoms with Crippen LogP contribution in [0, 0.1) is 11.8 Å². The number of hydrogen-bond donors (Lipinski definition) is 1. The fourth-order valence-corrected chi connectivity index (χ4v) is 2.58. The molecule has 0 radical (unpaired) electrons. The number of aromatic nitrogens is 1. The molecule has 0 spiro atoms. The van der Waals surface area contributed by atoms with Gasteiger partial charge in [-0.25, -0.2) is 4.98 Å². The van der Waals surface area contributed by atoms with E-state index in [1.807, 2.05) is 72.8 Å². The summed E-state index contributed by atoms with van der Waals surface area (Å²) in [7, 11) is 1.63. The molecule has 1 atom stereocenters. The number of pyridine rings is 1. The summed E-state index contributed by atoms with van der Waals surface area (Å²) in [4.78, 5) is 4.20. The zero-order valence-electron chi connectivity index (χ0n) is 14.0. The monoisotopic (exact) mass is 329 g/mol. The number of hydrogen-bond acceptors (Lipinski definition) is 3. The average Bonchev–Trinajstić information content (AvgIpc) is 2.68. The second-order valence-corrected chi connectivity index (χ2v) is 5.72. The van der Waals surface area contributed by atoms with Crippen LogP contribution in [0.25, 0.3) is 0 Å². The lowest BCUT2D eigenvalue weighted by Crippen LogP contribution is -2.26. The summed E-state index contributed by atoms with van der Waals surface area (Å²) in [5, 5.41) is 11.3. The van der Waals surface area contributed by atoms with E-state index in [4.69, 9.17) is 4.74 Å². The summed E-state index contributed by atoms with van der Waals surface area (Å²) in [5.74, 6) is 6.79. The zero-order chi connectivity index (χ0) is 17.5. The van der Waals surface area contributed by atoms with E-state index in [9.17, 15) is 5.11 Å². The second-order valence-electron chi connectivity index (χ2n) is 5.72. The molecule has 0 aliphatic heterocycles. The van der Waals surface area contributed by atoms with E-state index in [0.717, 1.165) is 16.9 Å². The van der Waals surface area contributed by atoms with Gasteiger partial charge in [-0.1, -0.05) is 54.5 Å². The molecule has 0 saturated carbocycles. The van der Waals surface area contributed by atoms with Gasteiger partial charge in [0.05, 0.1) is 7.11 Å². The van der Waals surface area contributed by atoms with Gasteiger partial charge in [0.25, 0.3) is 0 Å². The Kier molecular flexibility index (Phi) is 5.13. The molecule has 2 aromatic carbocycles. The van der Waals surface area contributed by atoms with E-state index in [2.05, 4.69) is 16.8 Å². The van der Waals surface area contributed by atoms with Crippen molar-refractivity contribution in [3.63, 3.8) is 0 Å². The first kappa shape index (κ1) is 16.8. The minimum atomic E-state index is -1.30. The number of aliphatic hydroxyl groups is 1. The minimum absolute atomic E-state index is 0.376. The molecule has 25 heavy (non-hydrogen) atoms. The predicted molar refractivity (Wildman–Crippen MR) is 98.2 cm³/mol. The highest BCUT2D eigenvalue weighted by atomic mass is 16.5. The van der Waals surface area contributed by atoms with Crippen molar-refractivity contribution in [2.24, 2.45) is 0 Å². The SMILES string of the molecule is COc1ccc(CC(O)(C#Cc2ccccn2)c2ccccc2)cc1. The Morgan fingerprint density at radius 2 is 1.68 bits per heavy atom. The summed E-state index contributed by atoms with van der Waals surface area (Å²) in [5.41, 5.74) is 1.07. The van der Waals surface area contributed by atoms with Gasteiger partial charge in [-0.15, -0.1) is 0 Å². The molecular weight excluding hydrogens is 310 g/mol. The Morgan fingerprint density at radius 3 is 2.32 bits per heavy atom. The molecule has 124 valence electrons. The third kappa shape index (κ3) is 4.26. The molecule has 3 nitrogen and oxygen atoms in total. The first-order valence-electron chi connectivity index (χ1n) is 8.05. The van der Waals surface area contributed by atoms with E-state index in [1.54, 1.807) is 13.3 Å². The molecular formula is C22H19NO2. The van der Waals surface area contributed by atoms with Crippen LogP contribution in [-0.4, -0.2) is 17.2 Å². The van der Waals surface area contributed by atoms with Crippen molar-refractivity contribution >= 4 is 0 Å². The van der Waals surface area contributed by atoms with Gasteiger partial charge in [0.1, 0.15) is 11.4 Å². The van der Waals surface area contributed by atoms with Crippen molar-refractivity contribution in [1.29, 1.82) is 0 Å². The zero-order valence-corrected chi connectivity index (χ0v) is 14.0. The van der Waals surface area contributed by atoms with E-state index in [0.29, 0.717) is 12.1 Å². The molecule has 0 bridgehead atoms. The quantitative estimate of drug-likeness (QED) is 0.744. The number of rotatable bonds is 4. The van der Waals surface area contributed by atoms with Crippen LogP contribution in [0.15, 0.2) is 79.0 Å². The second kappa shape index (κ2) is 7.65. The van der Waals surface area contributed by atoms with Crippen molar-refractivity contribution in [3.8, 4) is 17.6 Å². The molecule has 0 fully saturated rings. The Balaban J connectivity index is 1.96. The molecule has 1 heterocycles. The van der Waals surface area contributed by atoms with Crippen LogP contribution in [0.4, 0.5) is 0 Å². The van der Waals surface area contributed by atoms with Crippen molar-refractivity contribution in [1.82, 2.24) is 4.98 Å². The summed E-state index contributed by atoms with van der Waals surface area (Å²) in [6.45, 7) is 0. The van der Waals surface area contributed by atoms with Crippen molar-refractivity contribution < 1.29 is 9.84 Å². The molecule has 0 aliphatic carbocycles. The molecule has 0 saturated heterocycles. The van der Waals surface area contributed by atoms with E-state index >= 15 is 0 Å². The van der Waals surface area contributed by atoms with Crippen LogP contribution in [0.5, 0.6) is 5.75 Å².